The maximum absolute atomic E-state index is 8.76. The van der Waals surface area contributed by atoms with Gasteiger partial charge in [0.05, 0.1) is 5.69 Å². The molecule has 4 nitrogen and oxygen atoms in total. The quantitative estimate of drug-likeness (QED) is 0.672. The van der Waals surface area contributed by atoms with Crippen LogP contribution in [0.25, 0.3) is 11.3 Å². The van der Waals surface area contributed by atoms with E-state index in [0.717, 1.165) is 11.3 Å². The molecule has 0 unspecified atom stereocenters. The van der Waals surface area contributed by atoms with Gasteiger partial charge < -0.3 is 0 Å². The summed E-state index contributed by atoms with van der Waals surface area (Å²) in [6, 6.07) is 7.56. The summed E-state index contributed by atoms with van der Waals surface area (Å²) in [4.78, 5) is 3.92. The van der Waals surface area contributed by atoms with E-state index in [4.69, 9.17) is 5.26 Å². The molecule has 0 atom stereocenters. The maximum atomic E-state index is 8.76. The van der Waals surface area contributed by atoms with Gasteiger partial charge in [-0.15, -0.1) is 0 Å². The first-order valence-electron chi connectivity index (χ1n) is 4.16. The second kappa shape index (κ2) is 3.30. The van der Waals surface area contributed by atoms with Crippen LogP contribution in [0.2, 0.25) is 0 Å². The number of nitriles is 1. The van der Waals surface area contributed by atoms with Crippen LogP contribution in [-0.2, 0) is 7.05 Å². The normalized spacial score (nSPS) is 9.71. The molecule has 0 fully saturated rings. The second-order valence-electron chi connectivity index (χ2n) is 2.89. The molecule has 0 saturated carbocycles. The van der Waals surface area contributed by atoms with Gasteiger partial charge in [-0.05, 0) is 12.1 Å². The van der Waals surface area contributed by atoms with Crippen molar-refractivity contribution in [1.29, 1.82) is 5.26 Å². The highest BCUT2D eigenvalue weighted by atomic mass is 15.3. The van der Waals surface area contributed by atoms with E-state index in [9.17, 15) is 0 Å². The van der Waals surface area contributed by atoms with Gasteiger partial charge in [0.15, 0.2) is 0 Å². The highest BCUT2D eigenvalue weighted by Gasteiger charge is 2.05. The van der Waals surface area contributed by atoms with Gasteiger partial charge >= 0.3 is 0 Å². The monoisotopic (exact) mass is 184 g/mol. The zero-order chi connectivity index (χ0) is 9.97. The van der Waals surface area contributed by atoms with E-state index >= 15 is 0 Å². The van der Waals surface area contributed by atoms with Crippen molar-refractivity contribution >= 4 is 0 Å². The molecule has 4 heteroatoms. The molecular formula is C10H8N4. The Morgan fingerprint density at radius 3 is 2.64 bits per heavy atom. The molecule has 0 N–H and O–H groups in total. The lowest BCUT2D eigenvalue weighted by Crippen LogP contribution is -1.93. The Bertz CT molecular complexity index is 479. The van der Waals surface area contributed by atoms with E-state index < -0.39 is 0 Å². The number of hydrogen-bond donors (Lipinski definition) is 0. The van der Waals surface area contributed by atoms with Crippen LogP contribution >= 0.6 is 0 Å². The standard InChI is InChI=1S/C10H8N4/c1-14-9(7-11)6-10(13-14)8-2-4-12-5-3-8/h2-6H,1H3. The summed E-state index contributed by atoms with van der Waals surface area (Å²) in [6.45, 7) is 0. The summed E-state index contributed by atoms with van der Waals surface area (Å²) >= 11 is 0. The lowest BCUT2D eigenvalue weighted by atomic mass is 10.2. The minimum Gasteiger partial charge on any atom is -0.265 e. The highest BCUT2D eigenvalue weighted by Crippen LogP contribution is 2.16. The largest absolute Gasteiger partial charge is 0.265 e. The van der Waals surface area contributed by atoms with E-state index in [-0.39, 0.29) is 0 Å². The number of pyridine rings is 1. The van der Waals surface area contributed by atoms with Crippen molar-refractivity contribution < 1.29 is 0 Å². The predicted molar refractivity (Wildman–Crippen MR) is 51.2 cm³/mol. The SMILES string of the molecule is Cn1nc(-c2ccncc2)cc1C#N. The minimum absolute atomic E-state index is 0.553. The summed E-state index contributed by atoms with van der Waals surface area (Å²) in [5.41, 5.74) is 2.32. The fourth-order valence-electron chi connectivity index (χ4n) is 1.24. The van der Waals surface area contributed by atoms with Crippen LogP contribution in [-0.4, -0.2) is 14.8 Å². The minimum atomic E-state index is 0.553. The third-order valence-corrected chi connectivity index (χ3v) is 1.97. The van der Waals surface area contributed by atoms with Gasteiger partial charge in [0.2, 0.25) is 0 Å². The van der Waals surface area contributed by atoms with Gasteiger partial charge in [-0.1, -0.05) is 0 Å². The topological polar surface area (TPSA) is 54.5 Å². The fraction of sp³-hybridized carbons (Fsp3) is 0.100. The Hall–Kier alpha value is -2.15. The van der Waals surface area contributed by atoms with Gasteiger partial charge in [0, 0.05) is 31.1 Å². The molecule has 0 aromatic carbocycles. The summed E-state index contributed by atoms with van der Waals surface area (Å²) in [7, 11) is 1.75. The fourth-order valence-corrected chi connectivity index (χ4v) is 1.24. The lowest BCUT2D eigenvalue weighted by molar-refractivity contribution is 0.759. The average Bonchev–Trinajstić information content (AvgIpc) is 2.61. The van der Waals surface area contributed by atoms with Crippen molar-refractivity contribution in [3.63, 3.8) is 0 Å². The van der Waals surface area contributed by atoms with Crippen LogP contribution < -0.4 is 0 Å². The summed E-state index contributed by atoms with van der Waals surface area (Å²) in [5, 5.41) is 13.0. The Morgan fingerprint density at radius 1 is 1.36 bits per heavy atom. The number of nitrogens with zero attached hydrogens (tertiary/aromatic N) is 4. The van der Waals surface area contributed by atoms with Crippen LogP contribution in [0.4, 0.5) is 0 Å². The second-order valence-corrected chi connectivity index (χ2v) is 2.89. The molecule has 2 heterocycles. The van der Waals surface area contributed by atoms with Gasteiger partial charge in [-0.25, -0.2) is 0 Å². The average molecular weight is 184 g/mol. The van der Waals surface area contributed by atoms with Crippen LogP contribution in [0.5, 0.6) is 0 Å². The molecular weight excluding hydrogens is 176 g/mol. The summed E-state index contributed by atoms with van der Waals surface area (Å²) in [6.07, 6.45) is 3.41. The molecule has 0 amide bonds. The van der Waals surface area contributed by atoms with Gasteiger partial charge in [-0.2, -0.15) is 10.4 Å². The predicted octanol–water partition coefficient (Wildman–Crippen LogP) is 1.35. The van der Waals surface area contributed by atoms with Crippen molar-refractivity contribution in [2.45, 2.75) is 0 Å². The molecule has 2 aromatic rings. The zero-order valence-electron chi connectivity index (χ0n) is 7.68. The number of hydrogen-bond acceptors (Lipinski definition) is 3. The van der Waals surface area contributed by atoms with Crippen LogP contribution in [0.15, 0.2) is 30.6 Å². The Kier molecular flexibility index (Phi) is 1.99. The molecule has 0 spiro atoms. The molecule has 0 saturated heterocycles. The van der Waals surface area contributed by atoms with Crippen molar-refractivity contribution in [1.82, 2.24) is 14.8 Å². The molecule has 0 bridgehead atoms. The number of aromatic nitrogens is 3. The first-order chi connectivity index (χ1) is 6.81. The third kappa shape index (κ3) is 1.36. The first-order valence-corrected chi connectivity index (χ1v) is 4.16. The molecule has 0 aliphatic heterocycles. The summed E-state index contributed by atoms with van der Waals surface area (Å²) in [5.74, 6) is 0. The molecule has 2 rings (SSSR count). The van der Waals surface area contributed by atoms with Gasteiger partial charge in [0.1, 0.15) is 11.8 Å². The first kappa shape index (κ1) is 8.45. The van der Waals surface area contributed by atoms with E-state index in [1.807, 2.05) is 12.1 Å². The van der Waals surface area contributed by atoms with E-state index in [2.05, 4.69) is 16.2 Å². The highest BCUT2D eigenvalue weighted by molar-refractivity contribution is 5.59. The van der Waals surface area contributed by atoms with Crippen LogP contribution in [0.3, 0.4) is 0 Å². The molecule has 0 aliphatic carbocycles. The van der Waals surface area contributed by atoms with E-state index in [1.165, 1.54) is 0 Å². The lowest BCUT2D eigenvalue weighted by Gasteiger charge is -1.92. The van der Waals surface area contributed by atoms with Crippen molar-refractivity contribution in [3.05, 3.63) is 36.3 Å². The van der Waals surface area contributed by atoms with Crippen LogP contribution in [0.1, 0.15) is 5.69 Å². The number of rotatable bonds is 1. The molecule has 2 aromatic heterocycles. The van der Waals surface area contributed by atoms with Crippen molar-refractivity contribution in [3.8, 4) is 17.3 Å². The summed E-state index contributed by atoms with van der Waals surface area (Å²) < 4.78 is 1.57. The maximum Gasteiger partial charge on any atom is 0.138 e. The molecule has 0 aliphatic rings. The van der Waals surface area contributed by atoms with Crippen molar-refractivity contribution in [2.24, 2.45) is 7.05 Å². The smallest absolute Gasteiger partial charge is 0.138 e. The molecule has 14 heavy (non-hydrogen) atoms. The van der Waals surface area contributed by atoms with Gasteiger partial charge in [0.25, 0.3) is 0 Å². The third-order valence-electron chi connectivity index (χ3n) is 1.97. The van der Waals surface area contributed by atoms with Gasteiger partial charge in [-0.3, -0.25) is 9.67 Å². The Balaban J connectivity index is 2.50. The Labute approximate surface area is 81.4 Å². The van der Waals surface area contributed by atoms with E-state index in [0.29, 0.717) is 5.69 Å². The Morgan fingerprint density at radius 2 is 2.07 bits per heavy atom. The zero-order valence-corrected chi connectivity index (χ0v) is 7.68. The molecule has 68 valence electrons. The number of aryl methyl sites for hydroxylation is 1. The van der Waals surface area contributed by atoms with Crippen molar-refractivity contribution in [2.75, 3.05) is 0 Å². The molecule has 0 radical (unpaired) electrons. The van der Waals surface area contributed by atoms with E-state index in [1.54, 1.807) is 30.2 Å². The van der Waals surface area contributed by atoms with Crippen LogP contribution in [0, 0.1) is 11.3 Å².